The van der Waals surface area contributed by atoms with E-state index in [1.54, 1.807) is 0 Å². The molecular formula is C10H14N2O6. The van der Waals surface area contributed by atoms with Gasteiger partial charge < -0.3 is 20.9 Å². The maximum atomic E-state index is 11.1. The van der Waals surface area contributed by atoms with Crippen molar-refractivity contribution in [2.45, 2.75) is 26.1 Å². The Balaban J connectivity index is 4.22. The summed E-state index contributed by atoms with van der Waals surface area (Å²) >= 11 is 0. The molecule has 2 atom stereocenters. The Morgan fingerprint density at radius 3 is 1.33 bits per heavy atom. The van der Waals surface area contributed by atoms with Crippen LogP contribution in [0.15, 0.2) is 12.2 Å². The standard InChI is InChI=1S/C10H14N2O6/c1-5(9(11)15)17-7(13)3-4-8(14)18-6(2)10(12)16/h3-6H,1-2H3,(H2,11,15)(H2,12,16)/b4-3+/t5-,6+. The molecule has 18 heavy (non-hydrogen) atoms. The third-order valence-electron chi connectivity index (χ3n) is 1.74. The molecule has 100 valence electrons. The molecule has 0 aliphatic carbocycles. The first-order valence-electron chi connectivity index (χ1n) is 4.92. The fraction of sp³-hybridized carbons (Fsp3) is 0.400. The second kappa shape index (κ2) is 7.05. The van der Waals surface area contributed by atoms with Crippen molar-refractivity contribution in [1.82, 2.24) is 0 Å². The molecule has 8 nitrogen and oxygen atoms in total. The van der Waals surface area contributed by atoms with Crippen LogP contribution in [0.5, 0.6) is 0 Å². The van der Waals surface area contributed by atoms with E-state index in [1.165, 1.54) is 13.8 Å². The van der Waals surface area contributed by atoms with Crippen molar-refractivity contribution in [3.05, 3.63) is 12.2 Å². The molecule has 0 unspecified atom stereocenters. The molecular weight excluding hydrogens is 244 g/mol. The summed E-state index contributed by atoms with van der Waals surface area (Å²) < 4.78 is 9.03. The third-order valence-corrected chi connectivity index (χ3v) is 1.74. The first kappa shape index (κ1) is 15.6. The van der Waals surface area contributed by atoms with E-state index >= 15 is 0 Å². The Morgan fingerprint density at radius 2 is 1.11 bits per heavy atom. The summed E-state index contributed by atoms with van der Waals surface area (Å²) in [5.41, 5.74) is 9.71. The SMILES string of the molecule is C[C@H](OC(=O)/C=C/C(=O)O[C@H](C)C(N)=O)C(N)=O. The summed E-state index contributed by atoms with van der Waals surface area (Å²) in [6.45, 7) is 2.56. The molecule has 0 spiro atoms. The first-order chi connectivity index (χ1) is 8.23. The molecule has 0 aliphatic rings. The van der Waals surface area contributed by atoms with Crippen LogP contribution in [-0.4, -0.2) is 36.0 Å². The van der Waals surface area contributed by atoms with E-state index in [4.69, 9.17) is 11.5 Å². The monoisotopic (exact) mass is 258 g/mol. The smallest absolute Gasteiger partial charge is 0.331 e. The molecule has 8 heteroatoms. The van der Waals surface area contributed by atoms with E-state index in [0.29, 0.717) is 0 Å². The summed E-state index contributed by atoms with van der Waals surface area (Å²) in [5.74, 6) is -3.52. The second-order valence-electron chi connectivity index (χ2n) is 3.30. The average Bonchev–Trinajstić information content (AvgIpc) is 2.25. The minimum Gasteiger partial charge on any atom is -0.449 e. The van der Waals surface area contributed by atoms with E-state index in [1.807, 2.05) is 0 Å². The molecule has 0 aromatic carbocycles. The average molecular weight is 258 g/mol. The van der Waals surface area contributed by atoms with Crippen molar-refractivity contribution >= 4 is 23.8 Å². The topological polar surface area (TPSA) is 139 Å². The number of carbonyl (C=O) groups is 4. The fourth-order valence-corrected chi connectivity index (χ4v) is 0.679. The van der Waals surface area contributed by atoms with Crippen LogP contribution in [0.4, 0.5) is 0 Å². The summed E-state index contributed by atoms with van der Waals surface area (Å²) in [4.78, 5) is 43.3. The summed E-state index contributed by atoms with van der Waals surface area (Å²) in [7, 11) is 0. The van der Waals surface area contributed by atoms with Crippen LogP contribution >= 0.6 is 0 Å². The van der Waals surface area contributed by atoms with Gasteiger partial charge in [-0.1, -0.05) is 0 Å². The zero-order valence-corrected chi connectivity index (χ0v) is 9.91. The van der Waals surface area contributed by atoms with Gasteiger partial charge in [0.1, 0.15) is 0 Å². The maximum absolute atomic E-state index is 11.1. The minimum atomic E-state index is -1.11. The predicted octanol–water partition coefficient (Wildman–Crippen LogP) is -1.62. The van der Waals surface area contributed by atoms with Crippen LogP contribution in [0.25, 0.3) is 0 Å². The third kappa shape index (κ3) is 6.26. The highest BCUT2D eigenvalue weighted by molar-refractivity contribution is 5.94. The number of nitrogens with two attached hydrogens (primary N) is 2. The normalized spacial score (nSPS) is 13.7. The zero-order chi connectivity index (χ0) is 14.3. The number of hydrogen-bond acceptors (Lipinski definition) is 6. The Morgan fingerprint density at radius 1 is 0.833 bits per heavy atom. The summed E-state index contributed by atoms with van der Waals surface area (Å²) in [6, 6.07) is 0. The summed E-state index contributed by atoms with van der Waals surface area (Å²) in [5, 5.41) is 0. The van der Waals surface area contributed by atoms with Crippen LogP contribution in [-0.2, 0) is 28.7 Å². The number of primary amides is 2. The zero-order valence-electron chi connectivity index (χ0n) is 9.91. The number of ether oxygens (including phenoxy) is 2. The Hall–Kier alpha value is -2.38. The van der Waals surface area contributed by atoms with Crippen LogP contribution in [0, 0.1) is 0 Å². The second-order valence-corrected chi connectivity index (χ2v) is 3.30. The van der Waals surface area contributed by atoms with Crippen LogP contribution < -0.4 is 11.5 Å². The quantitative estimate of drug-likeness (QED) is 0.433. The van der Waals surface area contributed by atoms with Gasteiger partial charge in [0.2, 0.25) is 0 Å². The van der Waals surface area contributed by atoms with Gasteiger partial charge >= 0.3 is 11.9 Å². The van der Waals surface area contributed by atoms with Crippen molar-refractivity contribution in [1.29, 1.82) is 0 Å². The molecule has 4 N–H and O–H groups in total. The summed E-state index contributed by atoms with van der Waals surface area (Å²) in [6.07, 6.45) is -0.726. The van der Waals surface area contributed by atoms with Crippen LogP contribution in [0.3, 0.4) is 0 Å². The predicted molar refractivity (Wildman–Crippen MR) is 58.6 cm³/mol. The Kier molecular flexibility index (Phi) is 6.11. The molecule has 2 amide bonds. The Labute approximate surface area is 103 Å². The number of carbonyl (C=O) groups excluding carboxylic acids is 4. The number of amides is 2. The minimum absolute atomic E-state index is 0.746. The van der Waals surface area contributed by atoms with E-state index in [9.17, 15) is 19.2 Å². The number of esters is 2. The Bertz CT molecular complexity index is 354. The molecule has 0 saturated carbocycles. The lowest BCUT2D eigenvalue weighted by Crippen LogP contribution is -2.30. The van der Waals surface area contributed by atoms with Gasteiger partial charge in [-0.3, -0.25) is 9.59 Å². The van der Waals surface area contributed by atoms with Crippen molar-refractivity contribution in [2.75, 3.05) is 0 Å². The lowest BCUT2D eigenvalue weighted by molar-refractivity contribution is -0.150. The van der Waals surface area contributed by atoms with Crippen LogP contribution in [0.2, 0.25) is 0 Å². The molecule has 0 aliphatic heterocycles. The van der Waals surface area contributed by atoms with Gasteiger partial charge in [0.15, 0.2) is 12.2 Å². The van der Waals surface area contributed by atoms with Gasteiger partial charge in [-0.25, -0.2) is 9.59 Å². The lowest BCUT2D eigenvalue weighted by atomic mass is 10.4. The van der Waals surface area contributed by atoms with E-state index < -0.39 is 36.0 Å². The van der Waals surface area contributed by atoms with E-state index in [-0.39, 0.29) is 0 Å². The largest absolute Gasteiger partial charge is 0.449 e. The van der Waals surface area contributed by atoms with Gasteiger partial charge in [-0.2, -0.15) is 0 Å². The number of rotatable bonds is 6. The molecule has 0 rings (SSSR count). The van der Waals surface area contributed by atoms with Gasteiger partial charge in [0.25, 0.3) is 11.8 Å². The van der Waals surface area contributed by atoms with Gasteiger partial charge in [-0.15, -0.1) is 0 Å². The van der Waals surface area contributed by atoms with Crippen molar-refractivity contribution in [3.8, 4) is 0 Å². The molecule has 0 radical (unpaired) electrons. The molecule has 0 fully saturated rings. The molecule has 0 bridgehead atoms. The lowest BCUT2D eigenvalue weighted by Gasteiger charge is -2.07. The fourth-order valence-electron chi connectivity index (χ4n) is 0.679. The van der Waals surface area contributed by atoms with E-state index in [0.717, 1.165) is 12.2 Å². The first-order valence-corrected chi connectivity index (χ1v) is 4.92. The van der Waals surface area contributed by atoms with Gasteiger partial charge in [0, 0.05) is 12.2 Å². The van der Waals surface area contributed by atoms with E-state index in [2.05, 4.69) is 9.47 Å². The van der Waals surface area contributed by atoms with Gasteiger partial charge in [-0.05, 0) is 13.8 Å². The molecule has 0 aromatic heterocycles. The molecule has 0 heterocycles. The van der Waals surface area contributed by atoms with Gasteiger partial charge in [0.05, 0.1) is 0 Å². The van der Waals surface area contributed by atoms with Crippen LogP contribution in [0.1, 0.15) is 13.8 Å². The highest BCUT2D eigenvalue weighted by Gasteiger charge is 2.14. The molecule has 0 saturated heterocycles. The highest BCUT2D eigenvalue weighted by atomic mass is 16.6. The van der Waals surface area contributed by atoms with Crippen molar-refractivity contribution < 1.29 is 28.7 Å². The molecule has 0 aromatic rings. The number of hydrogen-bond donors (Lipinski definition) is 2. The highest BCUT2D eigenvalue weighted by Crippen LogP contribution is 1.94. The van der Waals surface area contributed by atoms with Crippen molar-refractivity contribution in [2.24, 2.45) is 11.5 Å². The maximum Gasteiger partial charge on any atom is 0.331 e. The van der Waals surface area contributed by atoms with Crippen molar-refractivity contribution in [3.63, 3.8) is 0 Å².